The van der Waals surface area contributed by atoms with Crippen LogP contribution in [-0.4, -0.2) is 18.5 Å². The molecule has 1 aromatic heterocycles. The lowest BCUT2D eigenvalue weighted by molar-refractivity contribution is -0.122. The third-order valence-electron chi connectivity index (χ3n) is 3.05. The third kappa shape index (κ3) is 3.92. The van der Waals surface area contributed by atoms with Crippen molar-refractivity contribution >= 4 is 17.2 Å². The molecule has 1 amide bonds. The molecule has 0 saturated carbocycles. The summed E-state index contributed by atoms with van der Waals surface area (Å²) in [4.78, 5) is 14.1. The number of amides is 1. The molecule has 1 unspecified atom stereocenters. The van der Waals surface area contributed by atoms with Gasteiger partial charge in [-0.05, 0) is 31.5 Å². The molecule has 4 heteroatoms. The maximum Gasteiger partial charge on any atom is 0.236 e. The van der Waals surface area contributed by atoms with Crippen LogP contribution in [0.25, 0.3) is 10.4 Å². The molecule has 0 spiro atoms. The Hall–Kier alpha value is -1.65. The van der Waals surface area contributed by atoms with Crippen LogP contribution >= 0.6 is 11.3 Å². The van der Waals surface area contributed by atoms with Crippen molar-refractivity contribution in [2.75, 3.05) is 6.54 Å². The summed E-state index contributed by atoms with van der Waals surface area (Å²) < 4.78 is 0. The smallest absolute Gasteiger partial charge is 0.236 e. The minimum atomic E-state index is -0.169. The Morgan fingerprint density at radius 1 is 1.20 bits per heavy atom. The lowest BCUT2D eigenvalue weighted by Crippen LogP contribution is -2.41. The number of rotatable bonds is 6. The van der Waals surface area contributed by atoms with Crippen molar-refractivity contribution in [2.24, 2.45) is 0 Å². The molecule has 0 aliphatic heterocycles. The average Bonchev–Trinajstić information content (AvgIpc) is 2.95. The van der Waals surface area contributed by atoms with Crippen LogP contribution in [0.5, 0.6) is 0 Å². The van der Waals surface area contributed by atoms with Gasteiger partial charge in [-0.3, -0.25) is 4.79 Å². The zero-order chi connectivity index (χ0) is 14.4. The zero-order valence-electron chi connectivity index (χ0n) is 11.8. The quantitative estimate of drug-likeness (QED) is 0.858. The van der Waals surface area contributed by atoms with Gasteiger partial charge in [0.15, 0.2) is 0 Å². The molecule has 3 nitrogen and oxygen atoms in total. The zero-order valence-corrected chi connectivity index (χ0v) is 12.7. The van der Waals surface area contributed by atoms with Gasteiger partial charge in [0.05, 0.1) is 6.04 Å². The van der Waals surface area contributed by atoms with Crippen LogP contribution in [-0.2, 0) is 11.3 Å². The molecule has 0 fully saturated rings. The first-order chi connectivity index (χ1) is 9.70. The van der Waals surface area contributed by atoms with Crippen molar-refractivity contribution in [2.45, 2.75) is 26.4 Å². The summed E-state index contributed by atoms with van der Waals surface area (Å²) in [6.07, 6.45) is 0. The van der Waals surface area contributed by atoms with E-state index >= 15 is 0 Å². The second kappa shape index (κ2) is 7.22. The molecule has 1 heterocycles. The first kappa shape index (κ1) is 14.8. The second-order valence-corrected chi connectivity index (χ2v) is 5.80. The molecule has 0 radical (unpaired) electrons. The summed E-state index contributed by atoms with van der Waals surface area (Å²) in [7, 11) is 0. The van der Waals surface area contributed by atoms with E-state index in [9.17, 15) is 4.79 Å². The van der Waals surface area contributed by atoms with Gasteiger partial charge in [-0.2, -0.15) is 0 Å². The molecule has 1 aromatic carbocycles. The summed E-state index contributed by atoms with van der Waals surface area (Å²) in [5, 5.41) is 6.06. The van der Waals surface area contributed by atoms with Crippen molar-refractivity contribution in [1.29, 1.82) is 0 Å². The van der Waals surface area contributed by atoms with E-state index in [4.69, 9.17) is 0 Å². The Morgan fingerprint density at radius 3 is 2.65 bits per heavy atom. The fourth-order valence-corrected chi connectivity index (χ4v) is 2.87. The van der Waals surface area contributed by atoms with Crippen LogP contribution in [0.4, 0.5) is 0 Å². The van der Waals surface area contributed by atoms with Gasteiger partial charge in [0.2, 0.25) is 5.91 Å². The molecule has 0 saturated heterocycles. The van der Waals surface area contributed by atoms with Gasteiger partial charge >= 0.3 is 0 Å². The Balaban J connectivity index is 1.92. The largest absolute Gasteiger partial charge is 0.355 e. The fourth-order valence-electron chi connectivity index (χ4n) is 1.90. The lowest BCUT2D eigenvalue weighted by atomic mass is 10.2. The van der Waals surface area contributed by atoms with Crippen LogP contribution in [0, 0.1) is 0 Å². The molecular formula is C16H20N2OS. The Kier molecular flexibility index (Phi) is 5.32. The maximum atomic E-state index is 11.6. The Bertz CT molecular complexity index is 551. The SMILES string of the molecule is CCNC(=O)C(C)NCc1ccc(-c2ccccc2)s1. The van der Waals surface area contributed by atoms with Crippen molar-refractivity contribution in [3.63, 3.8) is 0 Å². The van der Waals surface area contributed by atoms with Crippen LogP contribution in [0.1, 0.15) is 18.7 Å². The first-order valence-electron chi connectivity index (χ1n) is 6.86. The molecule has 2 N–H and O–H groups in total. The highest BCUT2D eigenvalue weighted by atomic mass is 32.1. The molecule has 1 atom stereocenters. The monoisotopic (exact) mass is 288 g/mol. The maximum absolute atomic E-state index is 11.6. The number of nitrogens with one attached hydrogen (secondary N) is 2. The number of benzene rings is 1. The van der Waals surface area contributed by atoms with Gasteiger partial charge in [-0.25, -0.2) is 0 Å². The number of carbonyl (C=O) groups is 1. The lowest BCUT2D eigenvalue weighted by Gasteiger charge is -2.12. The van der Waals surface area contributed by atoms with Crippen molar-refractivity contribution < 1.29 is 4.79 Å². The van der Waals surface area contributed by atoms with E-state index in [0.29, 0.717) is 6.54 Å². The third-order valence-corrected chi connectivity index (χ3v) is 4.18. The second-order valence-electron chi connectivity index (χ2n) is 4.63. The van der Waals surface area contributed by atoms with Gasteiger partial charge in [0.1, 0.15) is 0 Å². The van der Waals surface area contributed by atoms with Crippen molar-refractivity contribution in [3.8, 4) is 10.4 Å². The highest BCUT2D eigenvalue weighted by Crippen LogP contribution is 2.27. The Morgan fingerprint density at radius 2 is 1.95 bits per heavy atom. The highest BCUT2D eigenvalue weighted by molar-refractivity contribution is 7.15. The normalized spacial score (nSPS) is 12.1. The van der Waals surface area contributed by atoms with Gasteiger partial charge in [-0.1, -0.05) is 30.3 Å². The topological polar surface area (TPSA) is 41.1 Å². The van der Waals surface area contributed by atoms with E-state index in [1.54, 1.807) is 11.3 Å². The number of hydrogen-bond donors (Lipinski definition) is 2. The Labute approximate surface area is 124 Å². The van der Waals surface area contributed by atoms with E-state index in [0.717, 1.165) is 6.54 Å². The molecular weight excluding hydrogens is 268 g/mol. The summed E-state index contributed by atoms with van der Waals surface area (Å²) >= 11 is 1.76. The fraction of sp³-hybridized carbons (Fsp3) is 0.312. The van der Waals surface area contributed by atoms with E-state index in [1.807, 2.05) is 32.0 Å². The van der Waals surface area contributed by atoms with E-state index in [1.165, 1.54) is 15.3 Å². The van der Waals surface area contributed by atoms with Gasteiger partial charge in [0, 0.05) is 22.8 Å². The summed E-state index contributed by atoms with van der Waals surface area (Å²) in [6, 6.07) is 14.4. The van der Waals surface area contributed by atoms with Gasteiger partial charge in [0.25, 0.3) is 0 Å². The predicted octanol–water partition coefficient (Wildman–Crippen LogP) is 3.03. The van der Waals surface area contributed by atoms with Crippen LogP contribution < -0.4 is 10.6 Å². The average molecular weight is 288 g/mol. The number of carbonyl (C=O) groups excluding carboxylic acids is 1. The molecule has 2 aromatic rings. The molecule has 0 aliphatic carbocycles. The van der Waals surface area contributed by atoms with Crippen LogP contribution in [0.2, 0.25) is 0 Å². The van der Waals surface area contributed by atoms with Gasteiger partial charge in [-0.15, -0.1) is 11.3 Å². The predicted molar refractivity (Wildman–Crippen MR) is 84.7 cm³/mol. The van der Waals surface area contributed by atoms with Crippen molar-refractivity contribution in [1.82, 2.24) is 10.6 Å². The molecule has 20 heavy (non-hydrogen) atoms. The van der Waals surface area contributed by atoms with Crippen LogP contribution in [0.3, 0.4) is 0 Å². The minimum Gasteiger partial charge on any atom is -0.355 e. The van der Waals surface area contributed by atoms with E-state index in [-0.39, 0.29) is 11.9 Å². The summed E-state index contributed by atoms with van der Waals surface area (Å²) in [6.45, 7) is 5.20. The number of hydrogen-bond acceptors (Lipinski definition) is 3. The molecule has 0 bridgehead atoms. The summed E-state index contributed by atoms with van der Waals surface area (Å²) in [5.74, 6) is 0.0485. The number of likely N-dealkylation sites (N-methyl/N-ethyl adjacent to an activating group) is 1. The standard InChI is InChI=1S/C16H20N2OS/c1-3-17-16(19)12(2)18-11-14-9-10-15(20-14)13-7-5-4-6-8-13/h4-10,12,18H,3,11H2,1-2H3,(H,17,19). The van der Waals surface area contributed by atoms with E-state index in [2.05, 4.69) is 34.9 Å². The first-order valence-corrected chi connectivity index (χ1v) is 7.67. The molecule has 106 valence electrons. The highest BCUT2D eigenvalue weighted by Gasteiger charge is 2.11. The van der Waals surface area contributed by atoms with Crippen LogP contribution in [0.15, 0.2) is 42.5 Å². The number of thiophene rings is 1. The molecule has 2 rings (SSSR count). The minimum absolute atomic E-state index is 0.0485. The van der Waals surface area contributed by atoms with E-state index < -0.39 is 0 Å². The van der Waals surface area contributed by atoms with Gasteiger partial charge < -0.3 is 10.6 Å². The van der Waals surface area contributed by atoms with Crippen molar-refractivity contribution in [3.05, 3.63) is 47.3 Å². The molecule has 0 aliphatic rings. The summed E-state index contributed by atoms with van der Waals surface area (Å²) in [5.41, 5.74) is 1.24.